The third-order valence-electron chi connectivity index (χ3n) is 11.6. The lowest BCUT2D eigenvalue weighted by Gasteiger charge is -2.35. The number of fused-ring (bicyclic) bond motifs is 2. The van der Waals surface area contributed by atoms with E-state index >= 15 is 0 Å². The van der Waals surface area contributed by atoms with Gasteiger partial charge in [0.1, 0.15) is 58.3 Å². The highest BCUT2D eigenvalue weighted by Crippen LogP contribution is 2.52. The van der Waals surface area contributed by atoms with Gasteiger partial charge in [-0.1, -0.05) is 45.7 Å². The predicted molar refractivity (Wildman–Crippen MR) is 206 cm³/mol. The number of carbonyl (C=O) groups is 4. The summed E-state index contributed by atoms with van der Waals surface area (Å²) in [4.78, 5) is 65.2. The summed E-state index contributed by atoms with van der Waals surface area (Å²) in [7, 11) is 1.50. The zero-order valence-electron chi connectivity index (χ0n) is 32.8. The van der Waals surface area contributed by atoms with E-state index in [4.69, 9.17) is 35.2 Å². The van der Waals surface area contributed by atoms with Crippen molar-refractivity contribution in [3.8, 4) is 22.9 Å². The van der Waals surface area contributed by atoms with Gasteiger partial charge in [-0.3, -0.25) is 9.59 Å². The van der Waals surface area contributed by atoms with Gasteiger partial charge in [0.05, 0.1) is 24.9 Å². The number of aliphatic carboxylic acids is 1. The molecular formula is C40H51ClN6O9. The van der Waals surface area contributed by atoms with E-state index < -0.39 is 53.0 Å². The summed E-state index contributed by atoms with van der Waals surface area (Å²) in [6, 6.07) is 3.34. The number of anilines is 1. The summed E-state index contributed by atoms with van der Waals surface area (Å²) in [6.45, 7) is 11.2. The first-order valence-corrected chi connectivity index (χ1v) is 19.8. The molecule has 3 saturated carbocycles. The zero-order chi connectivity index (χ0) is 40.3. The number of pyridine rings is 1. The second-order valence-electron chi connectivity index (χ2n) is 17.1. The maximum atomic E-state index is 14.7. The minimum atomic E-state index is -1.42. The Labute approximate surface area is 330 Å². The van der Waals surface area contributed by atoms with Crippen LogP contribution in [0.25, 0.3) is 22.3 Å². The molecule has 3 heterocycles. The molecule has 302 valence electrons. The number of carbonyl (C=O) groups excluding carboxylic acids is 3. The van der Waals surface area contributed by atoms with Crippen LogP contribution in [-0.2, 0) is 19.1 Å². The largest absolute Gasteiger partial charge is 0.495 e. The number of oxazole rings is 1. The third-order valence-corrected chi connectivity index (χ3v) is 11.9. The molecule has 15 nitrogen and oxygen atoms in total. The zero-order valence-corrected chi connectivity index (χ0v) is 33.6. The number of methoxy groups -OCH3 is 1. The van der Waals surface area contributed by atoms with Crippen molar-refractivity contribution in [2.75, 3.05) is 19.0 Å². The fraction of sp³-hybridized carbons (Fsp3) is 0.600. The minimum Gasteiger partial charge on any atom is -0.495 e. The fourth-order valence-electron chi connectivity index (χ4n) is 8.32. The van der Waals surface area contributed by atoms with Gasteiger partial charge in [-0.25, -0.2) is 14.6 Å². The predicted octanol–water partition coefficient (Wildman–Crippen LogP) is 6.03. The quantitative estimate of drug-likeness (QED) is 0.157. The number of amides is 3. The number of alkyl carbamates (subject to hydrolysis) is 1. The molecule has 4 N–H and O–H groups in total. The molecule has 0 spiro atoms. The van der Waals surface area contributed by atoms with Crippen LogP contribution < -0.4 is 25.4 Å². The van der Waals surface area contributed by atoms with Crippen LogP contribution in [-0.4, -0.2) is 93.4 Å². The number of hydrogen-bond donors (Lipinski definition) is 4. The van der Waals surface area contributed by atoms with Crippen LogP contribution in [0, 0.1) is 23.2 Å². The molecule has 1 aliphatic heterocycles. The van der Waals surface area contributed by atoms with Gasteiger partial charge < -0.3 is 44.6 Å². The summed E-state index contributed by atoms with van der Waals surface area (Å²) in [5.74, 6) is -0.524. The molecule has 3 amide bonds. The van der Waals surface area contributed by atoms with Crippen molar-refractivity contribution in [1.29, 1.82) is 0 Å². The Hall–Kier alpha value is -4.79. The number of carboxylic acids is 1. The Kier molecular flexibility index (Phi) is 10.5. The lowest BCUT2D eigenvalue weighted by Crippen LogP contribution is -2.59. The lowest BCUT2D eigenvalue weighted by atomic mass is 9.85. The van der Waals surface area contributed by atoms with Gasteiger partial charge in [0.15, 0.2) is 0 Å². The topological polar surface area (TPSA) is 194 Å². The Morgan fingerprint density at radius 1 is 1.05 bits per heavy atom. The molecule has 7 rings (SSSR count). The number of rotatable bonds is 13. The first-order valence-electron chi connectivity index (χ1n) is 19.4. The van der Waals surface area contributed by atoms with E-state index in [0.717, 1.165) is 12.8 Å². The van der Waals surface area contributed by atoms with Crippen molar-refractivity contribution in [2.45, 2.75) is 116 Å². The average Bonchev–Trinajstić information content (AvgIpc) is 3.80. The molecule has 0 bridgehead atoms. The van der Waals surface area contributed by atoms with Crippen LogP contribution in [0.2, 0.25) is 5.02 Å². The van der Waals surface area contributed by atoms with Crippen LogP contribution in [0.5, 0.6) is 11.5 Å². The summed E-state index contributed by atoms with van der Waals surface area (Å²) in [6.07, 6.45) is 3.54. The number of ether oxygens (including phenoxy) is 3. The molecular weight excluding hydrogens is 744 g/mol. The van der Waals surface area contributed by atoms with Crippen molar-refractivity contribution >= 4 is 52.4 Å². The number of aromatic nitrogens is 2. The van der Waals surface area contributed by atoms with E-state index in [2.05, 4.69) is 20.9 Å². The van der Waals surface area contributed by atoms with Crippen LogP contribution in [0.15, 0.2) is 28.9 Å². The molecule has 4 fully saturated rings. The SMILES string of the molecule is CCC1CC1(NC(=O)C1CC(Oc2cc(-c3coc(NC(C)C)n3)nc3c(Cl)c(OC)ccc23)CN1C(=O)C(NC(=O)OC1CC2CC2C1)C(C)(C)C)C(=O)O. The van der Waals surface area contributed by atoms with Crippen molar-refractivity contribution in [1.82, 2.24) is 25.5 Å². The third kappa shape index (κ3) is 7.78. The molecule has 1 saturated heterocycles. The number of hydrogen-bond acceptors (Lipinski definition) is 11. The van der Waals surface area contributed by atoms with E-state index in [0.29, 0.717) is 64.5 Å². The first-order chi connectivity index (χ1) is 26.5. The van der Waals surface area contributed by atoms with Crippen molar-refractivity contribution in [3.05, 3.63) is 29.5 Å². The molecule has 3 aromatic rings. The Morgan fingerprint density at radius 3 is 2.41 bits per heavy atom. The summed E-state index contributed by atoms with van der Waals surface area (Å²) in [5.41, 5.74) is -1.03. The highest BCUT2D eigenvalue weighted by atomic mass is 35.5. The van der Waals surface area contributed by atoms with Gasteiger partial charge in [-0.15, -0.1) is 0 Å². The fourth-order valence-corrected chi connectivity index (χ4v) is 8.61. The van der Waals surface area contributed by atoms with Crippen molar-refractivity contribution in [2.24, 2.45) is 23.2 Å². The van der Waals surface area contributed by atoms with E-state index in [-0.39, 0.29) is 36.1 Å². The van der Waals surface area contributed by atoms with Crippen LogP contribution in [0.1, 0.15) is 80.1 Å². The van der Waals surface area contributed by atoms with Crippen LogP contribution in [0.3, 0.4) is 0 Å². The van der Waals surface area contributed by atoms with Crippen LogP contribution in [0.4, 0.5) is 10.8 Å². The highest BCUT2D eigenvalue weighted by Gasteiger charge is 2.61. The summed E-state index contributed by atoms with van der Waals surface area (Å²) in [5, 5.41) is 19.7. The summed E-state index contributed by atoms with van der Waals surface area (Å²) >= 11 is 6.79. The molecule has 2 aromatic heterocycles. The Balaban J connectivity index is 1.20. The Bertz CT molecular complexity index is 2020. The van der Waals surface area contributed by atoms with Gasteiger partial charge in [-0.05, 0) is 74.8 Å². The van der Waals surface area contributed by atoms with E-state index in [9.17, 15) is 24.3 Å². The Morgan fingerprint density at radius 2 is 1.79 bits per heavy atom. The normalized spacial score (nSPS) is 27.1. The first kappa shape index (κ1) is 39.4. The number of carboxylic acid groups (broad SMARTS) is 1. The molecule has 7 unspecified atom stereocenters. The van der Waals surface area contributed by atoms with Gasteiger partial charge in [0.25, 0.3) is 6.01 Å². The van der Waals surface area contributed by atoms with Crippen molar-refractivity contribution in [3.63, 3.8) is 0 Å². The second kappa shape index (κ2) is 14.9. The maximum Gasteiger partial charge on any atom is 0.408 e. The number of likely N-dealkylation sites (tertiary alicyclic amines) is 1. The molecule has 16 heteroatoms. The summed E-state index contributed by atoms with van der Waals surface area (Å²) < 4.78 is 23.5. The number of benzene rings is 1. The molecule has 4 aliphatic rings. The van der Waals surface area contributed by atoms with Gasteiger partial charge >= 0.3 is 12.1 Å². The van der Waals surface area contributed by atoms with Gasteiger partial charge in [0, 0.05) is 23.9 Å². The lowest BCUT2D eigenvalue weighted by molar-refractivity contribution is -0.146. The molecule has 0 radical (unpaired) electrons. The van der Waals surface area contributed by atoms with E-state index in [1.807, 2.05) is 41.5 Å². The van der Waals surface area contributed by atoms with Crippen molar-refractivity contribution < 1.29 is 42.9 Å². The maximum absolute atomic E-state index is 14.7. The number of nitrogens with zero attached hydrogens (tertiary/aromatic N) is 3. The van der Waals surface area contributed by atoms with Crippen LogP contribution >= 0.6 is 11.6 Å². The van der Waals surface area contributed by atoms with E-state index in [1.165, 1.54) is 24.7 Å². The standard InChI is InChI=1S/C40H51ClN6O9/c1-8-22-16-40(22,36(50)51)46-34(48)28-14-24(17-47(28)35(49)33(39(4,5)6)45-38(52)56-23-12-20-11-21(20)13-23)55-30-15-26(27-18-54-37(44-27)42-19(2)3)43-32-25(30)9-10-29(53-7)31(32)41/h9-10,15,18-24,28,33H,8,11-14,16-17H2,1-7H3,(H,42,44)(H,45,52)(H,46,48)(H,50,51). The molecule has 56 heavy (non-hydrogen) atoms. The number of nitrogens with one attached hydrogen (secondary N) is 3. The smallest absolute Gasteiger partial charge is 0.408 e. The molecule has 1 aromatic carbocycles. The highest BCUT2D eigenvalue weighted by molar-refractivity contribution is 6.36. The molecule has 3 aliphatic carbocycles. The minimum absolute atomic E-state index is 0.0334. The second-order valence-corrected chi connectivity index (χ2v) is 17.5. The average molecular weight is 795 g/mol. The van der Waals surface area contributed by atoms with Gasteiger partial charge in [0.2, 0.25) is 11.8 Å². The molecule has 7 atom stereocenters. The van der Waals surface area contributed by atoms with E-state index in [1.54, 1.807) is 18.2 Å². The van der Waals surface area contributed by atoms with Gasteiger partial charge in [-0.2, -0.15) is 4.98 Å². The number of halogens is 1. The monoisotopic (exact) mass is 794 g/mol.